The first-order valence-corrected chi connectivity index (χ1v) is 7.01. The molecule has 2 unspecified atom stereocenters. The number of hydrogen-bond donors (Lipinski definition) is 0. The van der Waals surface area contributed by atoms with Crippen LogP contribution in [0.5, 0.6) is 5.75 Å². The fraction of sp³-hybridized carbons (Fsp3) is 0.600. The summed E-state index contributed by atoms with van der Waals surface area (Å²) < 4.78 is 5.77. The Kier molecular flexibility index (Phi) is 2.82. The van der Waals surface area contributed by atoms with E-state index in [1.807, 2.05) is 0 Å². The lowest BCUT2D eigenvalue weighted by atomic mass is 9.81. The maximum Gasteiger partial charge on any atom is 0.119 e. The van der Waals surface area contributed by atoms with Crippen LogP contribution in [0.3, 0.4) is 0 Å². The minimum absolute atomic E-state index is 0.268. The minimum atomic E-state index is 0.268. The van der Waals surface area contributed by atoms with Crippen molar-refractivity contribution in [2.45, 2.75) is 55.9 Å². The van der Waals surface area contributed by atoms with E-state index in [1.165, 1.54) is 24.8 Å². The van der Waals surface area contributed by atoms with Gasteiger partial charge in [-0.2, -0.15) is 0 Å². The molecule has 0 aromatic heterocycles. The first-order valence-electron chi connectivity index (χ1n) is 6.57. The summed E-state index contributed by atoms with van der Waals surface area (Å²) in [5.74, 6) is 1.01. The van der Waals surface area contributed by atoms with Gasteiger partial charge in [0.2, 0.25) is 0 Å². The summed E-state index contributed by atoms with van der Waals surface area (Å²) in [6, 6.07) is 8.65. The van der Waals surface area contributed by atoms with Crippen molar-refractivity contribution in [1.82, 2.24) is 0 Å². The molecule has 1 nitrogen and oxygen atoms in total. The largest absolute Gasteiger partial charge is 0.490 e. The Morgan fingerprint density at radius 3 is 2.41 bits per heavy atom. The predicted octanol–water partition coefficient (Wildman–Crippen LogP) is 4.28. The van der Waals surface area contributed by atoms with Crippen LogP contribution in [0, 0.1) is 0 Å². The highest BCUT2D eigenvalue weighted by atomic mass is 35.5. The van der Waals surface area contributed by atoms with Crippen LogP contribution >= 0.6 is 11.6 Å². The normalized spacial score (nSPS) is 32.7. The van der Waals surface area contributed by atoms with Crippen LogP contribution in [0.15, 0.2) is 24.3 Å². The number of ether oxygens (including phenoxy) is 1. The van der Waals surface area contributed by atoms with E-state index in [0.717, 1.165) is 18.6 Å². The summed E-state index contributed by atoms with van der Waals surface area (Å²) in [5.41, 5.74) is 1.67. The number of hydrogen-bond acceptors (Lipinski definition) is 1. The van der Waals surface area contributed by atoms with Gasteiger partial charge in [-0.3, -0.25) is 0 Å². The fourth-order valence-electron chi connectivity index (χ4n) is 2.74. The molecule has 0 bridgehead atoms. The summed E-state index contributed by atoms with van der Waals surface area (Å²) in [4.78, 5) is 0. The van der Waals surface area contributed by atoms with Crippen molar-refractivity contribution < 1.29 is 4.74 Å². The van der Waals surface area contributed by atoms with Gasteiger partial charge in [0.25, 0.3) is 0 Å². The molecule has 0 aliphatic heterocycles. The Balaban J connectivity index is 1.74. The summed E-state index contributed by atoms with van der Waals surface area (Å²) in [6.45, 7) is 2.33. The van der Waals surface area contributed by atoms with Crippen LogP contribution < -0.4 is 4.74 Å². The van der Waals surface area contributed by atoms with E-state index in [4.69, 9.17) is 16.3 Å². The van der Waals surface area contributed by atoms with Crippen molar-refractivity contribution in [2.75, 3.05) is 0 Å². The second-order valence-electron chi connectivity index (χ2n) is 5.74. The Hall–Kier alpha value is -0.690. The van der Waals surface area contributed by atoms with E-state index >= 15 is 0 Å². The molecule has 2 atom stereocenters. The highest BCUT2D eigenvalue weighted by Crippen LogP contribution is 2.43. The molecular weight excluding hydrogens is 232 g/mol. The van der Waals surface area contributed by atoms with Crippen molar-refractivity contribution in [1.29, 1.82) is 0 Å². The van der Waals surface area contributed by atoms with Crippen LogP contribution in [-0.4, -0.2) is 11.5 Å². The lowest BCUT2D eigenvalue weighted by Crippen LogP contribution is -2.17. The molecule has 0 radical (unpaired) electrons. The molecule has 0 heterocycles. The molecule has 17 heavy (non-hydrogen) atoms. The van der Waals surface area contributed by atoms with Gasteiger partial charge in [-0.1, -0.05) is 19.1 Å². The van der Waals surface area contributed by atoms with Gasteiger partial charge in [-0.25, -0.2) is 0 Å². The zero-order valence-electron chi connectivity index (χ0n) is 10.3. The quantitative estimate of drug-likeness (QED) is 0.728. The van der Waals surface area contributed by atoms with Gasteiger partial charge in [0.1, 0.15) is 5.75 Å². The Morgan fingerprint density at radius 1 is 1.18 bits per heavy atom. The van der Waals surface area contributed by atoms with Crippen molar-refractivity contribution in [2.24, 2.45) is 0 Å². The second-order valence-corrected chi connectivity index (χ2v) is 6.36. The van der Waals surface area contributed by atoms with Crippen LogP contribution in [-0.2, 0) is 5.41 Å². The molecule has 0 saturated heterocycles. The Morgan fingerprint density at radius 2 is 1.88 bits per heavy atom. The number of halogens is 1. The van der Waals surface area contributed by atoms with E-state index in [9.17, 15) is 0 Å². The summed E-state index contributed by atoms with van der Waals surface area (Å²) in [6.07, 6.45) is 6.34. The average Bonchev–Trinajstić information content (AvgIpc) is 3.05. The molecule has 2 heteroatoms. The number of alkyl halides is 1. The molecule has 2 aliphatic rings. The highest BCUT2D eigenvalue weighted by Gasteiger charge is 2.35. The van der Waals surface area contributed by atoms with E-state index in [1.54, 1.807) is 0 Å². The average molecular weight is 251 g/mol. The maximum atomic E-state index is 6.23. The smallest absolute Gasteiger partial charge is 0.119 e. The molecule has 0 N–H and O–H groups in total. The maximum absolute atomic E-state index is 6.23. The zero-order chi connectivity index (χ0) is 11.9. The van der Waals surface area contributed by atoms with E-state index in [-0.39, 0.29) is 5.41 Å². The fourth-order valence-corrected chi connectivity index (χ4v) is 3.19. The van der Waals surface area contributed by atoms with Gasteiger partial charge in [-0.15, -0.1) is 11.6 Å². The lowest BCUT2D eigenvalue weighted by molar-refractivity contribution is 0.303. The molecule has 2 fully saturated rings. The predicted molar refractivity (Wildman–Crippen MR) is 70.9 cm³/mol. The van der Waals surface area contributed by atoms with Crippen molar-refractivity contribution in [3.05, 3.63) is 29.8 Å². The van der Waals surface area contributed by atoms with Gasteiger partial charge in [0, 0.05) is 5.38 Å². The number of rotatable bonds is 3. The minimum Gasteiger partial charge on any atom is -0.490 e. The van der Waals surface area contributed by atoms with Crippen molar-refractivity contribution in [3.63, 3.8) is 0 Å². The molecule has 1 aromatic rings. The van der Waals surface area contributed by atoms with Crippen LogP contribution in [0.4, 0.5) is 0 Å². The SMILES string of the molecule is CC1(c2ccc(OC3CC3)cc2)CCC(Cl)C1. The third-order valence-corrected chi connectivity index (χ3v) is 4.43. The summed E-state index contributed by atoms with van der Waals surface area (Å²) in [7, 11) is 0. The Labute approximate surface area is 108 Å². The molecule has 2 aliphatic carbocycles. The molecule has 2 saturated carbocycles. The van der Waals surface area contributed by atoms with Crippen LogP contribution in [0.25, 0.3) is 0 Å². The summed E-state index contributed by atoms with van der Waals surface area (Å²) in [5, 5.41) is 0.349. The lowest BCUT2D eigenvalue weighted by Gasteiger charge is -2.24. The van der Waals surface area contributed by atoms with Gasteiger partial charge in [-0.05, 0) is 55.2 Å². The third-order valence-electron chi connectivity index (χ3n) is 4.06. The molecule has 1 aromatic carbocycles. The standard InChI is InChI=1S/C15H19ClO/c1-15(9-8-12(16)10-15)11-2-4-13(5-3-11)17-14-6-7-14/h2-5,12,14H,6-10H2,1H3. The van der Waals surface area contributed by atoms with E-state index < -0.39 is 0 Å². The molecular formula is C15H19ClO. The van der Waals surface area contributed by atoms with Gasteiger partial charge in [0.05, 0.1) is 6.10 Å². The molecule has 92 valence electrons. The number of benzene rings is 1. The third kappa shape index (κ3) is 2.44. The molecule has 0 spiro atoms. The first-order chi connectivity index (χ1) is 8.16. The summed E-state index contributed by atoms with van der Waals surface area (Å²) >= 11 is 6.23. The van der Waals surface area contributed by atoms with Crippen molar-refractivity contribution >= 4 is 11.6 Å². The molecule has 3 rings (SSSR count). The van der Waals surface area contributed by atoms with E-state index in [2.05, 4.69) is 31.2 Å². The van der Waals surface area contributed by atoms with Gasteiger partial charge in [0.15, 0.2) is 0 Å². The van der Waals surface area contributed by atoms with Gasteiger partial charge < -0.3 is 4.74 Å². The highest BCUT2D eigenvalue weighted by molar-refractivity contribution is 6.20. The topological polar surface area (TPSA) is 9.23 Å². The van der Waals surface area contributed by atoms with Crippen molar-refractivity contribution in [3.8, 4) is 5.75 Å². The van der Waals surface area contributed by atoms with Crippen LogP contribution in [0.1, 0.15) is 44.6 Å². The van der Waals surface area contributed by atoms with Crippen LogP contribution in [0.2, 0.25) is 0 Å². The zero-order valence-corrected chi connectivity index (χ0v) is 11.0. The Bertz CT molecular complexity index is 396. The van der Waals surface area contributed by atoms with Gasteiger partial charge >= 0.3 is 0 Å². The van der Waals surface area contributed by atoms with E-state index in [0.29, 0.717) is 11.5 Å². The first kappa shape index (κ1) is 11.4. The second kappa shape index (κ2) is 4.20. The monoisotopic (exact) mass is 250 g/mol. The molecule has 0 amide bonds.